The Labute approximate surface area is 679 Å². The normalized spacial score (nSPS) is 21.9. The van der Waals surface area contributed by atoms with Crippen molar-refractivity contribution in [2.45, 2.75) is 373 Å². The standard InChI is InChI=1S/C12H18O4.C10H16O2.2C9H16O2.2C7H12.6C5H10.6Fe/c1-9(2)11(13)15-7-8-16-12(14)10-5-3-4-6-10;1-8(2)10(11)12-7-9-5-3-4-6-9;2*1-2-4-8(3-1)5-10-6-9-7-11-9;2*1-2-7-5-3-4-6-7;6*1-2-4-5-3-1;;;;;;/h10H,1,3-8H2,2H3;9H,1,3-7H2,2H3;2*8-9H,1-7H2;2*2,7H,1,3-6H2;6*1-5H2;;;;;;. The number of epoxide rings is 2. The van der Waals surface area contributed by atoms with Crippen molar-refractivity contribution < 1.29 is 150 Å². The van der Waals surface area contributed by atoms with Crippen molar-refractivity contribution in [1.82, 2.24) is 0 Å². The third-order valence-corrected chi connectivity index (χ3v) is 20.9. The smallest absolute Gasteiger partial charge is 0.333 e. The van der Waals surface area contributed by atoms with Crippen LogP contribution in [0.3, 0.4) is 0 Å². The van der Waals surface area contributed by atoms with Crippen LogP contribution in [0.2, 0.25) is 0 Å². The summed E-state index contributed by atoms with van der Waals surface area (Å²) in [5.41, 5.74) is 0.843. The van der Waals surface area contributed by atoms with Crippen molar-refractivity contribution in [2.24, 2.45) is 35.5 Å². The van der Waals surface area contributed by atoms with E-state index in [1.165, 1.54) is 321 Å². The summed E-state index contributed by atoms with van der Waals surface area (Å²) in [5, 5.41) is 0. The number of allylic oxidation sites excluding steroid dienone is 2. The Morgan fingerprint density at radius 3 is 0.760 bits per heavy atom. The molecular weight excluding hydrogens is 1500 g/mol. The number of hydrogen-bond acceptors (Lipinski definition) is 10. The van der Waals surface area contributed by atoms with Crippen molar-refractivity contribution in [2.75, 3.05) is 59.5 Å². The Balaban J connectivity index is -0.000000510. The summed E-state index contributed by atoms with van der Waals surface area (Å²) < 4.78 is 36.0. The van der Waals surface area contributed by atoms with Gasteiger partial charge in [-0.25, -0.2) is 9.59 Å². The molecule has 0 bridgehead atoms. The van der Waals surface area contributed by atoms with Gasteiger partial charge in [-0.3, -0.25) is 4.79 Å². The molecule has 0 aromatic heterocycles. The molecule has 12 saturated carbocycles. The molecule has 0 amide bonds. The Morgan fingerprint density at radius 2 is 0.530 bits per heavy atom. The fourth-order valence-corrected chi connectivity index (χ4v) is 14.3. The number of hydrogen-bond donors (Lipinski definition) is 0. The van der Waals surface area contributed by atoms with Crippen LogP contribution in [0.5, 0.6) is 0 Å². The maximum Gasteiger partial charge on any atom is 0.333 e. The van der Waals surface area contributed by atoms with Gasteiger partial charge in [-0.2, -0.15) is 0 Å². The Bertz CT molecular complexity index is 1640. The van der Waals surface area contributed by atoms with Gasteiger partial charge in [0.1, 0.15) is 25.4 Å². The number of ether oxygens (including phenoxy) is 7. The Kier molecular flexibility index (Phi) is 82.7. The molecule has 2 aliphatic heterocycles. The molecule has 100 heavy (non-hydrogen) atoms. The second-order valence-electron chi connectivity index (χ2n) is 30.0. The molecule has 14 fully saturated rings. The van der Waals surface area contributed by atoms with Crippen molar-refractivity contribution in [3.63, 3.8) is 0 Å². The molecule has 14 rings (SSSR count). The second kappa shape index (κ2) is 77.5. The van der Waals surface area contributed by atoms with Crippen molar-refractivity contribution in [3.8, 4) is 0 Å². The summed E-state index contributed by atoms with van der Waals surface area (Å²) in [5.74, 6) is 3.23. The molecule has 594 valence electrons. The molecule has 2 unspecified atom stereocenters. The minimum absolute atomic E-state index is 0. The summed E-state index contributed by atoms with van der Waals surface area (Å²) in [6, 6.07) is 0. The average Bonchev–Trinajstić information content (AvgIpc) is 2.03. The molecule has 0 N–H and O–H groups in total. The van der Waals surface area contributed by atoms with E-state index in [-0.39, 0.29) is 133 Å². The van der Waals surface area contributed by atoms with Crippen LogP contribution in [0, 0.1) is 35.5 Å². The van der Waals surface area contributed by atoms with Crippen LogP contribution in [0.4, 0.5) is 0 Å². The van der Waals surface area contributed by atoms with E-state index in [2.05, 4.69) is 38.5 Å². The van der Waals surface area contributed by atoms with Gasteiger partial charge in [-0.15, -0.1) is 13.2 Å². The fraction of sp³-hybridized carbons (Fsp3) is 0.869. The monoisotopic (exact) mass is 1650 g/mol. The van der Waals surface area contributed by atoms with E-state index in [9.17, 15) is 14.4 Å². The van der Waals surface area contributed by atoms with Crippen molar-refractivity contribution >= 4 is 17.9 Å². The number of carbonyl (C=O) groups excluding carboxylic acids is 3. The third kappa shape index (κ3) is 66.5. The van der Waals surface area contributed by atoms with Gasteiger partial charge in [-0.1, -0.05) is 295 Å². The van der Waals surface area contributed by atoms with E-state index in [1.54, 1.807) is 13.8 Å². The summed E-state index contributed by atoms with van der Waals surface area (Å²) in [6.07, 6.45) is 81.5. The summed E-state index contributed by atoms with van der Waals surface area (Å²) in [6.45, 7) is 24.0. The van der Waals surface area contributed by atoms with Crippen molar-refractivity contribution in [1.29, 1.82) is 0 Å². The van der Waals surface area contributed by atoms with Gasteiger partial charge in [0.15, 0.2) is 0 Å². The average molecular weight is 1660 g/mol. The number of esters is 3. The van der Waals surface area contributed by atoms with Gasteiger partial charge in [0.05, 0.1) is 39.0 Å². The molecule has 0 aromatic carbocycles. The molecule has 14 aliphatic rings. The predicted octanol–water partition coefficient (Wildman–Crippen LogP) is 23.7. The fourth-order valence-electron chi connectivity index (χ4n) is 14.3. The molecule has 0 aromatic rings. The zero-order valence-electron chi connectivity index (χ0n) is 63.9. The van der Waals surface area contributed by atoms with Gasteiger partial charge >= 0.3 is 17.9 Å². The maximum atomic E-state index is 11.4. The van der Waals surface area contributed by atoms with Crippen LogP contribution in [0.25, 0.3) is 0 Å². The minimum Gasteiger partial charge on any atom is -0.462 e. The van der Waals surface area contributed by atoms with Gasteiger partial charge in [0.2, 0.25) is 0 Å². The third-order valence-electron chi connectivity index (χ3n) is 20.9. The van der Waals surface area contributed by atoms with E-state index in [4.69, 9.17) is 33.2 Å². The second-order valence-corrected chi connectivity index (χ2v) is 30.0. The van der Waals surface area contributed by atoms with Crippen LogP contribution in [0.15, 0.2) is 49.6 Å². The number of rotatable bonds is 18. The molecule has 2 saturated heterocycles. The van der Waals surface area contributed by atoms with E-state index in [1.807, 2.05) is 0 Å². The molecular formula is C84H150Fe6O10. The Hall–Kier alpha value is 0.327. The summed E-state index contributed by atoms with van der Waals surface area (Å²) in [4.78, 5) is 33.4. The van der Waals surface area contributed by atoms with E-state index in [0.29, 0.717) is 35.9 Å². The van der Waals surface area contributed by atoms with Gasteiger partial charge in [0.25, 0.3) is 0 Å². The first-order valence-corrected chi connectivity index (χ1v) is 40.5. The van der Waals surface area contributed by atoms with Crippen LogP contribution in [-0.2, 0) is 150 Å². The summed E-state index contributed by atoms with van der Waals surface area (Å²) in [7, 11) is 0. The predicted molar refractivity (Wildman–Crippen MR) is 394 cm³/mol. The zero-order valence-corrected chi connectivity index (χ0v) is 70.5. The first-order valence-electron chi connectivity index (χ1n) is 40.5. The van der Waals surface area contributed by atoms with Crippen molar-refractivity contribution in [3.05, 3.63) is 49.6 Å². The van der Waals surface area contributed by atoms with Gasteiger partial charge in [0, 0.05) is 127 Å². The maximum absolute atomic E-state index is 11.4. The quantitative estimate of drug-likeness (QED) is 0.0249. The Morgan fingerprint density at radius 1 is 0.310 bits per heavy atom. The minimum atomic E-state index is -0.447. The van der Waals surface area contributed by atoms with Crippen LogP contribution >= 0.6 is 0 Å². The topological polar surface area (TPSA) is 122 Å². The summed E-state index contributed by atoms with van der Waals surface area (Å²) >= 11 is 0. The van der Waals surface area contributed by atoms with E-state index in [0.717, 1.165) is 89.0 Å². The molecule has 16 heteroatoms. The molecule has 2 heterocycles. The molecule has 2 atom stereocenters. The molecule has 12 aliphatic carbocycles. The van der Waals surface area contributed by atoms with Crippen LogP contribution in [0.1, 0.15) is 361 Å². The van der Waals surface area contributed by atoms with Gasteiger partial charge in [-0.05, 0) is 120 Å². The number of carbonyl (C=O) groups is 3. The van der Waals surface area contributed by atoms with Crippen LogP contribution in [-0.4, -0.2) is 89.6 Å². The largest absolute Gasteiger partial charge is 0.462 e. The van der Waals surface area contributed by atoms with Crippen LogP contribution < -0.4 is 0 Å². The molecule has 0 radical (unpaired) electrons. The van der Waals surface area contributed by atoms with E-state index >= 15 is 0 Å². The molecule has 0 spiro atoms. The molecule has 10 nitrogen and oxygen atoms in total. The van der Waals surface area contributed by atoms with E-state index < -0.39 is 5.97 Å². The van der Waals surface area contributed by atoms with Gasteiger partial charge < -0.3 is 33.2 Å². The SMILES string of the molecule is C1CCC(COCC2CO2)C1.C1CCC(COCC2CO2)C1.C1CCCC1.C1CCCC1.C1CCCC1.C1CCCC1.C1CCCC1.C1CCCC1.C=C(C)C(=O)OCC1CCCC1.C=C(C)C(=O)OCCOC(=O)C1CCCC1.C=CC1CCCC1.C=CC1CCCC1.[Fe].[Fe].[Fe].[Fe].[Fe].[Fe]. The first-order chi connectivity index (χ1) is 46.1. The first kappa shape index (κ1) is 107. The zero-order chi connectivity index (χ0) is 67.4.